The number of nitrogens with zero attached hydrogens (tertiary/aromatic N) is 1. The predicted molar refractivity (Wildman–Crippen MR) is 80.2 cm³/mol. The fourth-order valence-electron chi connectivity index (χ4n) is 2.10. The molecule has 0 amide bonds. The van der Waals surface area contributed by atoms with E-state index in [1.807, 2.05) is 24.3 Å². The summed E-state index contributed by atoms with van der Waals surface area (Å²) in [7, 11) is 0. The van der Waals surface area contributed by atoms with Gasteiger partial charge < -0.3 is 4.74 Å². The minimum absolute atomic E-state index is 0.162. The van der Waals surface area contributed by atoms with Crippen LogP contribution in [0.4, 0.5) is 13.2 Å². The highest BCUT2D eigenvalue weighted by Crippen LogP contribution is 2.32. The molecule has 0 saturated heterocycles. The van der Waals surface area contributed by atoms with Gasteiger partial charge >= 0.3 is 12.1 Å². The molecular weight excluding hydrogens is 327 g/mol. The Morgan fingerprint density at radius 3 is 2.52 bits per heavy atom. The van der Waals surface area contributed by atoms with E-state index in [0.717, 1.165) is 22.3 Å². The minimum atomic E-state index is -4.61. The van der Waals surface area contributed by atoms with Crippen molar-refractivity contribution < 1.29 is 22.7 Å². The van der Waals surface area contributed by atoms with Crippen molar-refractivity contribution >= 4 is 27.5 Å². The fourth-order valence-corrected chi connectivity index (χ4v) is 2.98. The van der Waals surface area contributed by atoms with Crippen LogP contribution in [0.5, 0.6) is 0 Å². The standard InChI is InChI=1S/C16H10F3NO2S/c17-16(18,19)11-6-2-1-5-10(11)15(21)22-9-14-20-12-7-3-4-8-13(12)23-14/h1-8H,9H2. The van der Waals surface area contributed by atoms with Gasteiger partial charge in [-0.05, 0) is 24.3 Å². The number of para-hydroxylation sites is 1. The molecule has 0 aliphatic rings. The van der Waals surface area contributed by atoms with E-state index in [-0.39, 0.29) is 6.61 Å². The molecule has 118 valence electrons. The van der Waals surface area contributed by atoms with Gasteiger partial charge in [0.25, 0.3) is 0 Å². The molecule has 1 heterocycles. The first-order valence-corrected chi connectivity index (χ1v) is 7.44. The van der Waals surface area contributed by atoms with E-state index in [1.54, 1.807) is 0 Å². The van der Waals surface area contributed by atoms with E-state index in [1.165, 1.54) is 23.5 Å². The molecule has 0 aliphatic carbocycles. The zero-order chi connectivity index (χ0) is 16.4. The summed E-state index contributed by atoms with van der Waals surface area (Å²) in [5, 5.41) is 0.532. The van der Waals surface area contributed by atoms with Crippen LogP contribution in [-0.4, -0.2) is 11.0 Å². The molecular formula is C16H10F3NO2S. The number of benzene rings is 2. The van der Waals surface area contributed by atoms with Gasteiger partial charge in [-0.2, -0.15) is 13.2 Å². The molecule has 2 aromatic carbocycles. The van der Waals surface area contributed by atoms with Crippen molar-refractivity contribution in [2.75, 3.05) is 0 Å². The Balaban J connectivity index is 1.77. The smallest absolute Gasteiger partial charge is 0.417 e. The summed E-state index contributed by atoms with van der Waals surface area (Å²) in [5.41, 5.74) is -0.741. The molecule has 0 atom stereocenters. The fraction of sp³-hybridized carbons (Fsp3) is 0.125. The number of alkyl halides is 3. The van der Waals surface area contributed by atoms with Crippen LogP contribution in [0.1, 0.15) is 20.9 Å². The van der Waals surface area contributed by atoms with Crippen LogP contribution >= 0.6 is 11.3 Å². The highest BCUT2D eigenvalue weighted by Gasteiger charge is 2.35. The molecule has 0 N–H and O–H groups in total. The third-order valence-electron chi connectivity index (χ3n) is 3.12. The summed E-state index contributed by atoms with van der Waals surface area (Å²) in [6.07, 6.45) is -4.61. The average Bonchev–Trinajstić information content (AvgIpc) is 2.94. The van der Waals surface area contributed by atoms with E-state index >= 15 is 0 Å². The summed E-state index contributed by atoms with van der Waals surface area (Å²) in [5.74, 6) is -1.02. The second kappa shape index (κ2) is 6.00. The number of hydrogen-bond acceptors (Lipinski definition) is 4. The third kappa shape index (κ3) is 3.34. The number of hydrogen-bond donors (Lipinski definition) is 0. The highest BCUT2D eigenvalue weighted by atomic mass is 32.1. The Kier molecular flexibility index (Phi) is 4.04. The predicted octanol–water partition coefficient (Wildman–Crippen LogP) is 4.67. The van der Waals surface area contributed by atoms with Crippen LogP contribution in [0.25, 0.3) is 10.2 Å². The van der Waals surface area contributed by atoms with E-state index in [9.17, 15) is 18.0 Å². The lowest BCUT2D eigenvalue weighted by Crippen LogP contribution is -2.14. The zero-order valence-electron chi connectivity index (χ0n) is 11.6. The highest BCUT2D eigenvalue weighted by molar-refractivity contribution is 7.18. The molecule has 0 aliphatic heterocycles. The molecule has 3 nitrogen and oxygen atoms in total. The van der Waals surface area contributed by atoms with E-state index in [0.29, 0.717) is 5.01 Å². The van der Waals surface area contributed by atoms with Crippen LogP contribution in [0.15, 0.2) is 48.5 Å². The first-order chi connectivity index (χ1) is 10.9. The van der Waals surface area contributed by atoms with Gasteiger partial charge in [0, 0.05) is 0 Å². The van der Waals surface area contributed by atoms with Crippen molar-refractivity contribution in [1.29, 1.82) is 0 Å². The Bertz CT molecular complexity index is 825. The molecule has 7 heteroatoms. The molecule has 0 radical (unpaired) electrons. The van der Waals surface area contributed by atoms with Gasteiger partial charge in [-0.25, -0.2) is 9.78 Å². The number of carbonyl (C=O) groups is 1. The Hall–Kier alpha value is -2.41. The number of ether oxygens (including phenoxy) is 1. The lowest BCUT2D eigenvalue weighted by Gasteiger charge is -2.11. The average molecular weight is 337 g/mol. The Labute approximate surface area is 133 Å². The molecule has 0 saturated carbocycles. The number of carbonyl (C=O) groups excluding carboxylic acids is 1. The normalized spacial score (nSPS) is 11.6. The molecule has 1 aromatic heterocycles. The maximum Gasteiger partial charge on any atom is 0.417 e. The number of halogens is 3. The first-order valence-electron chi connectivity index (χ1n) is 6.63. The molecule has 0 bridgehead atoms. The van der Waals surface area contributed by atoms with Gasteiger partial charge in [0.05, 0.1) is 21.3 Å². The monoisotopic (exact) mass is 337 g/mol. The lowest BCUT2D eigenvalue weighted by atomic mass is 10.1. The van der Waals surface area contributed by atoms with Crippen molar-refractivity contribution in [3.63, 3.8) is 0 Å². The molecule has 3 rings (SSSR count). The number of thiazole rings is 1. The summed E-state index contributed by atoms with van der Waals surface area (Å²) in [4.78, 5) is 16.2. The number of esters is 1. The quantitative estimate of drug-likeness (QED) is 0.652. The van der Waals surface area contributed by atoms with Crippen LogP contribution in [-0.2, 0) is 17.5 Å². The molecule has 0 unspecified atom stereocenters. The third-order valence-corrected chi connectivity index (χ3v) is 4.13. The summed E-state index contributed by atoms with van der Waals surface area (Å²) in [6, 6.07) is 11.9. The SMILES string of the molecule is O=C(OCc1nc2ccccc2s1)c1ccccc1C(F)(F)F. The van der Waals surface area contributed by atoms with Gasteiger partial charge in [-0.15, -0.1) is 11.3 Å². The van der Waals surface area contributed by atoms with Crippen molar-refractivity contribution in [2.45, 2.75) is 12.8 Å². The van der Waals surface area contributed by atoms with Gasteiger partial charge in [-0.1, -0.05) is 24.3 Å². The molecule has 23 heavy (non-hydrogen) atoms. The lowest BCUT2D eigenvalue weighted by molar-refractivity contribution is -0.138. The van der Waals surface area contributed by atoms with Gasteiger partial charge in [0.2, 0.25) is 0 Å². The van der Waals surface area contributed by atoms with Crippen molar-refractivity contribution in [1.82, 2.24) is 4.98 Å². The second-order valence-corrected chi connectivity index (χ2v) is 5.81. The number of fused-ring (bicyclic) bond motifs is 1. The van der Waals surface area contributed by atoms with Crippen LogP contribution in [0.2, 0.25) is 0 Å². The van der Waals surface area contributed by atoms with Crippen LogP contribution in [0, 0.1) is 0 Å². The maximum atomic E-state index is 12.9. The summed E-state index contributed by atoms with van der Waals surface area (Å²) >= 11 is 1.33. The van der Waals surface area contributed by atoms with Gasteiger partial charge in [0.15, 0.2) is 0 Å². The van der Waals surface area contributed by atoms with E-state index in [4.69, 9.17) is 4.74 Å². The minimum Gasteiger partial charge on any atom is -0.455 e. The maximum absolute atomic E-state index is 12.9. The zero-order valence-corrected chi connectivity index (χ0v) is 12.4. The first kappa shape index (κ1) is 15.5. The number of rotatable bonds is 3. The molecule has 0 fully saturated rings. The second-order valence-electron chi connectivity index (χ2n) is 4.69. The van der Waals surface area contributed by atoms with Crippen LogP contribution in [0.3, 0.4) is 0 Å². The van der Waals surface area contributed by atoms with Crippen molar-refractivity contribution in [2.24, 2.45) is 0 Å². The van der Waals surface area contributed by atoms with Gasteiger partial charge in [0.1, 0.15) is 11.6 Å². The largest absolute Gasteiger partial charge is 0.455 e. The molecule has 0 spiro atoms. The topological polar surface area (TPSA) is 39.2 Å². The Morgan fingerprint density at radius 2 is 1.78 bits per heavy atom. The van der Waals surface area contributed by atoms with Gasteiger partial charge in [-0.3, -0.25) is 0 Å². The summed E-state index contributed by atoms with van der Waals surface area (Å²) in [6.45, 7) is -0.162. The van der Waals surface area contributed by atoms with E-state index < -0.39 is 23.3 Å². The Morgan fingerprint density at radius 1 is 1.09 bits per heavy atom. The number of aromatic nitrogens is 1. The van der Waals surface area contributed by atoms with Crippen molar-refractivity contribution in [3.8, 4) is 0 Å². The molecule has 3 aromatic rings. The summed E-state index contributed by atoms with van der Waals surface area (Å²) < 4.78 is 44.6. The van der Waals surface area contributed by atoms with Crippen LogP contribution < -0.4 is 0 Å². The van der Waals surface area contributed by atoms with E-state index in [2.05, 4.69) is 4.98 Å². The van der Waals surface area contributed by atoms with Crippen molar-refractivity contribution in [3.05, 3.63) is 64.7 Å².